The van der Waals surface area contributed by atoms with Gasteiger partial charge in [0.2, 0.25) is 5.91 Å². The largest absolute Gasteiger partial charge is 0.345 e. The number of nitrogens with zero attached hydrogens (tertiary/aromatic N) is 2. The smallest absolute Gasteiger partial charge is 0.223 e. The van der Waals surface area contributed by atoms with Crippen LogP contribution in [0.2, 0.25) is 0 Å². The Labute approximate surface area is 112 Å². The van der Waals surface area contributed by atoms with Crippen LogP contribution >= 0.6 is 0 Å². The number of fused-ring (bicyclic) bond motifs is 1. The molecule has 1 N–H and O–H groups in total. The summed E-state index contributed by atoms with van der Waals surface area (Å²) >= 11 is 0. The molecule has 2 aromatic rings. The highest BCUT2D eigenvalue weighted by atomic mass is 16.2. The first-order valence-electron chi connectivity index (χ1n) is 6.58. The quantitative estimate of drug-likeness (QED) is 0.851. The zero-order chi connectivity index (χ0) is 13.2. The summed E-state index contributed by atoms with van der Waals surface area (Å²) in [6.07, 6.45) is 5.08. The van der Waals surface area contributed by atoms with Crippen molar-refractivity contribution in [3.8, 4) is 0 Å². The van der Waals surface area contributed by atoms with Crippen molar-refractivity contribution in [2.45, 2.75) is 12.8 Å². The third-order valence-corrected chi connectivity index (χ3v) is 3.73. The molecular weight excluding hydrogens is 238 g/mol. The molecule has 1 aromatic heterocycles. The number of rotatable bonds is 4. The van der Waals surface area contributed by atoms with Crippen LogP contribution in [0.3, 0.4) is 0 Å². The van der Waals surface area contributed by atoms with E-state index in [0.717, 1.165) is 30.5 Å². The normalized spacial score (nSPS) is 19.3. The first-order valence-corrected chi connectivity index (χ1v) is 6.58. The van der Waals surface area contributed by atoms with Crippen molar-refractivity contribution in [2.75, 3.05) is 13.1 Å². The maximum Gasteiger partial charge on any atom is 0.223 e. The number of hydrogen-bond donors (Lipinski definition) is 1. The van der Waals surface area contributed by atoms with Gasteiger partial charge >= 0.3 is 0 Å². The molecule has 2 heterocycles. The topological polar surface area (TPSA) is 49.0 Å². The van der Waals surface area contributed by atoms with Crippen LogP contribution in [-0.4, -0.2) is 33.9 Å². The molecule has 1 saturated heterocycles. The molecule has 0 saturated carbocycles. The summed E-state index contributed by atoms with van der Waals surface area (Å²) in [4.78, 5) is 21.0. The van der Waals surface area contributed by atoms with Gasteiger partial charge in [-0.2, -0.15) is 0 Å². The molecule has 4 heteroatoms. The maximum atomic E-state index is 11.8. The number of imidazole rings is 1. The lowest BCUT2D eigenvalue weighted by Crippen LogP contribution is -2.27. The lowest BCUT2D eigenvalue weighted by atomic mass is 10.1. The Morgan fingerprint density at radius 1 is 1.53 bits per heavy atom. The Morgan fingerprint density at radius 3 is 3.21 bits per heavy atom. The predicted molar refractivity (Wildman–Crippen MR) is 74.7 cm³/mol. The Morgan fingerprint density at radius 2 is 2.42 bits per heavy atom. The van der Waals surface area contributed by atoms with Crippen molar-refractivity contribution in [1.82, 2.24) is 14.9 Å². The molecule has 3 rings (SSSR count). The van der Waals surface area contributed by atoms with E-state index in [1.54, 1.807) is 6.33 Å². The highest BCUT2D eigenvalue weighted by Crippen LogP contribution is 2.19. The molecule has 0 spiro atoms. The molecule has 98 valence electrons. The Hall–Kier alpha value is -2.10. The van der Waals surface area contributed by atoms with Gasteiger partial charge in [-0.25, -0.2) is 4.98 Å². The maximum absolute atomic E-state index is 11.8. The Bertz CT molecular complexity index is 617. The number of nitrogens with one attached hydrogen (secondary N) is 1. The van der Waals surface area contributed by atoms with Gasteiger partial charge in [0.05, 0.1) is 17.4 Å². The summed E-state index contributed by atoms with van der Waals surface area (Å²) in [5.41, 5.74) is 3.26. The Kier molecular flexibility index (Phi) is 3.07. The number of H-pyrrole nitrogens is 1. The van der Waals surface area contributed by atoms with E-state index in [4.69, 9.17) is 0 Å². The fourth-order valence-corrected chi connectivity index (χ4v) is 2.58. The zero-order valence-electron chi connectivity index (χ0n) is 10.8. The molecule has 0 radical (unpaired) electrons. The predicted octanol–water partition coefficient (Wildman–Crippen LogP) is 2.14. The number of carbonyl (C=O) groups excluding carboxylic acids is 1. The van der Waals surface area contributed by atoms with Crippen LogP contribution in [0.4, 0.5) is 0 Å². The van der Waals surface area contributed by atoms with Gasteiger partial charge in [-0.3, -0.25) is 4.79 Å². The summed E-state index contributed by atoms with van der Waals surface area (Å²) in [6.45, 7) is 5.36. The SMILES string of the molecule is C=CC1CC(=O)N(CCc2ccc3nc[nH]c3c2)C1. The van der Waals surface area contributed by atoms with E-state index < -0.39 is 0 Å². The van der Waals surface area contributed by atoms with Crippen molar-refractivity contribution in [3.05, 3.63) is 42.7 Å². The van der Waals surface area contributed by atoms with Gasteiger partial charge in [0.15, 0.2) is 0 Å². The standard InChI is InChI=1S/C15H17N3O/c1-2-11-8-15(19)18(9-11)6-5-12-3-4-13-14(7-12)17-10-16-13/h2-4,7,10-11H,1,5-6,8-9H2,(H,16,17). The van der Waals surface area contributed by atoms with Crippen molar-refractivity contribution in [1.29, 1.82) is 0 Å². The van der Waals surface area contributed by atoms with Gasteiger partial charge in [0, 0.05) is 25.4 Å². The van der Waals surface area contributed by atoms with Crippen molar-refractivity contribution in [3.63, 3.8) is 0 Å². The molecule has 0 bridgehead atoms. The van der Waals surface area contributed by atoms with E-state index in [9.17, 15) is 4.79 Å². The number of hydrogen-bond acceptors (Lipinski definition) is 2. The average Bonchev–Trinajstić information content (AvgIpc) is 3.02. The minimum atomic E-state index is 0.243. The van der Waals surface area contributed by atoms with Crippen LogP contribution in [0.15, 0.2) is 37.2 Å². The monoisotopic (exact) mass is 255 g/mol. The number of aromatic amines is 1. The minimum absolute atomic E-state index is 0.243. The van der Waals surface area contributed by atoms with Crippen molar-refractivity contribution >= 4 is 16.9 Å². The molecule has 1 atom stereocenters. The van der Waals surface area contributed by atoms with Crippen LogP contribution in [-0.2, 0) is 11.2 Å². The van der Waals surface area contributed by atoms with E-state index in [2.05, 4.69) is 28.7 Å². The van der Waals surface area contributed by atoms with Crippen LogP contribution in [0.25, 0.3) is 11.0 Å². The summed E-state index contributed by atoms with van der Waals surface area (Å²) in [7, 11) is 0. The number of amides is 1. The minimum Gasteiger partial charge on any atom is -0.345 e. The second-order valence-corrected chi connectivity index (χ2v) is 5.04. The van der Waals surface area contributed by atoms with Gasteiger partial charge in [-0.1, -0.05) is 12.1 Å². The zero-order valence-corrected chi connectivity index (χ0v) is 10.8. The fourth-order valence-electron chi connectivity index (χ4n) is 2.58. The van der Waals surface area contributed by atoms with Gasteiger partial charge in [0.1, 0.15) is 0 Å². The highest BCUT2D eigenvalue weighted by molar-refractivity contribution is 5.79. The van der Waals surface area contributed by atoms with E-state index in [1.165, 1.54) is 5.56 Å². The fraction of sp³-hybridized carbons (Fsp3) is 0.333. The second-order valence-electron chi connectivity index (χ2n) is 5.04. The van der Waals surface area contributed by atoms with Gasteiger partial charge in [-0.15, -0.1) is 6.58 Å². The first kappa shape index (κ1) is 12.0. The number of carbonyl (C=O) groups is 1. The summed E-state index contributed by atoms with van der Waals surface area (Å²) < 4.78 is 0. The van der Waals surface area contributed by atoms with E-state index >= 15 is 0 Å². The van der Waals surface area contributed by atoms with Crippen LogP contribution < -0.4 is 0 Å². The Balaban J connectivity index is 1.65. The van der Waals surface area contributed by atoms with E-state index in [0.29, 0.717) is 12.3 Å². The highest BCUT2D eigenvalue weighted by Gasteiger charge is 2.26. The number of likely N-dealkylation sites (tertiary alicyclic amines) is 1. The van der Waals surface area contributed by atoms with E-state index in [1.807, 2.05) is 17.0 Å². The van der Waals surface area contributed by atoms with Gasteiger partial charge in [0.25, 0.3) is 0 Å². The molecule has 1 amide bonds. The van der Waals surface area contributed by atoms with E-state index in [-0.39, 0.29) is 5.91 Å². The molecule has 4 nitrogen and oxygen atoms in total. The van der Waals surface area contributed by atoms with Crippen molar-refractivity contribution < 1.29 is 4.79 Å². The molecule has 1 aromatic carbocycles. The van der Waals surface area contributed by atoms with Crippen LogP contribution in [0.5, 0.6) is 0 Å². The average molecular weight is 255 g/mol. The molecular formula is C15H17N3O. The molecule has 19 heavy (non-hydrogen) atoms. The molecule has 1 aliphatic heterocycles. The van der Waals surface area contributed by atoms with Crippen LogP contribution in [0.1, 0.15) is 12.0 Å². The molecule has 1 unspecified atom stereocenters. The molecule has 0 aliphatic carbocycles. The number of benzene rings is 1. The third-order valence-electron chi connectivity index (χ3n) is 3.73. The summed E-state index contributed by atoms with van der Waals surface area (Å²) in [6, 6.07) is 6.20. The molecule has 1 fully saturated rings. The first-order chi connectivity index (χ1) is 9.26. The summed E-state index contributed by atoms with van der Waals surface area (Å²) in [5, 5.41) is 0. The van der Waals surface area contributed by atoms with Crippen LogP contribution in [0, 0.1) is 5.92 Å². The third kappa shape index (κ3) is 2.38. The molecule has 1 aliphatic rings. The lowest BCUT2D eigenvalue weighted by molar-refractivity contribution is -0.127. The number of aromatic nitrogens is 2. The second kappa shape index (κ2) is 4.88. The van der Waals surface area contributed by atoms with Gasteiger partial charge < -0.3 is 9.88 Å². The summed E-state index contributed by atoms with van der Waals surface area (Å²) in [5.74, 6) is 0.565. The van der Waals surface area contributed by atoms with Gasteiger partial charge in [-0.05, 0) is 24.1 Å². The lowest BCUT2D eigenvalue weighted by Gasteiger charge is -2.15. The van der Waals surface area contributed by atoms with Crippen molar-refractivity contribution in [2.24, 2.45) is 5.92 Å².